The second-order valence-corrected chi connectivity index (χ2v) is 4.80. The zero-order chi connectivity index (χ0) is 16.7. The van der Waals surface area contributed by atoms with Crippen molar-refractivity contribution in [3.8, 4) is 0 Å². The number of allylic oxidation sites excluding steroid dienone is 1. The van der Waals surface area contributed by atoms with Gasteiger partial charge in [0.15, 0.2) is 0 Å². The molecule has 0 saturated carbocycles. The molecule has 0 atom stereocenters. The fourth-order valence-electron chi connectivity index (χ4n) is 1.84. The summed E-state index contributed by atoms with van der Waals surface area (Å²) in [4.78, 5) is 21.9. The predicted molar refractivity (Wildman–Crippen MR) is 89.1 cm³/mol. The van der Waals surface area contributed by atoms with Gasteiger partial charge in [0.25, 0.3) is 11.6 Å². The molecule has 23 heavy (non-hydrogen) atoms. The summed E-state index contributed by atoms with van der Waals surface area (Å²) in [6.45, 7) is 1.87. The number of nitrogens with one attached hydrogen (secondary N) is 1. The minimum atomic E-state index is -0.516. The molecule has 116 valence electrons. The monoisotopic (exact) mass is 309 g/mol. The standard InChI is InChI=1S/C17H15N3O3/c1-13(11-14-5-3-2-4-6-14)12-18-19-17(21)15-7-9-16(10-8-15)20(22)23/h2-12H,1H3,(H,19,21)/b13-11-,18-12-. The quantitative estimate of drug-likeness (QED) is 0.522. The zero-order valence-corrected chi connectivity index (χ0v) is 12.5. The first kappa shape index (κ1) is 16.1. The number of benzene rings is 2. The molecule has 0 aromatic heterocycles. The Morgan fingerprint density at radius 2 is 1.78 bits per heavy atom. The molecule has 6 nitrogen and oxygen atoms in total. The first-order valence-corrected chi connectivity index (χ1v) is 6.87. The molecule has 2 aromatic rings. The Kier molecular flexibility index (Phi) is 5.35. The number of hydrogen-bond acceptors (Lipinski definition) is 4. The Morgan fingerprint density at radius 1 is 1.13 bits per heavy atom. The fourth-order valence-corrected chi connectivity index (χ4v) is 1.84. The maximum Gasteiger partial charge on any atom is 0.271 e. The summed E-state index contributed by atoms with van der Waals surface area (Å²) in [5.41, 5.74) is 4.54. The normalized spacial score (nSPS) is 11.4. The molecule has 0 bridgehead atoms. The van der Waals surface area contributed by atoms with Gasteiger partial charge in [-0.15, -0.1) is 0 Å². The second-order valence-electron chi connectivity index (χ2n) is 4.80. The summed E-state index contributed by atoms with van der Waals surface area (Å²) in [7, 11) is 0. The largest absolute Gasteiger partial charge is 0.271 e. The summed E-state index contributed by atoms with van der Waals surface area (Å²) in [6, 6.07) is 15.1. The third-order valence-corrected chi connectivity index (χ3v) is 2.97. The van der Waals surface area contributed by atoms with Crippen LogP contribution in [0.4, 0.5) is 5.69 Å². The Hall–Kier alpha value is -3.28. The Labute approximate surface area is 133 Å². The van der Waals surface area contributed by atoms with Crippen LogP contribution in [0.25, 0.3) is 6.08 Å². The van der Waals surface area contributed by atoms with Crippen LogP contribution >= 0.6 is 0 Å². The molecule has 0 radical (unpaired) electrons. The number of hydrazone groups is 1. The molecule has 0 heterocycles. The molecule has 0 spiro atoms. The van der Waals surface area contributed by atoms with Crippen LogP contribution in [0.3, 0.4) is 0 Å². The van der Waals surface area contributed by atoms with E-state index in [0.717, 1.165) is 11.1 Å². The number of nitro benzene ring substituents is 1. The van der Waals surface area contributed by atoms with Gasteiger partial charge in [0.2, 0.25) is 0 Å². The molecule has 2 rings (SSSR count). The van der Waals surface area contributed by atoms with Crippen molar-refractivity contribution in [3.05, 3.63) is 81.4 Å². The predicted octanol–water partition coefficient (Wildman–Crippen LogP) is 3.41. The average Bonchev–Trinajstić information content (AvgIpc) is 2.55. The lowest BCUT2D eigenvalue weighted by atomic mass is 10.1. The molecule has 6 heteroatoms. The van der Waals surface area contributed by atoms with Crippen molar-refractivity contribution in [2.75, 3.05) is 0 Å². The Morgan fingerprint density at radius 3 is 2.39 bits per heavy atom. The van der Waals surface area contributed by atoms with Crippen LogP contribution in [0.5, 0.6) is 0 Å². The van der Waals surface area contributed by atoms with Gasteiger partial charge in [-0.1, -0.05) is 36.4 Å². The molecule has 0 aliphatic heterocycles. The van der Waals surface area contributed by atoms with Crippen molar-refractivity contribution in [1.82, 2.24) is 5.43 Å². The lowest BCUT2D eigenvalue weighted by Gasteiger charge is -1.99. The van der Waals surface area contributed by atoms with Gasteiger partial charge in [-0.2, -0.15) is 5.10 Å². The topological polar surface area (TPSA) is 84.6 Å². The van der Waals surface area contributed by atoms with Crippen molar-refractivity contribution in [1.29, 1.82) is 0 Å². The molecule has 1 amide bonds. The van der Waals surface area contributed by atoms with Gasteiger partial charge in [0.1, 0.15) is 0 Å². The maximum absolute atomic E-state index is 11.9. The number of carbonyl (C=O) groups is 1. The van der Waals surface area contributed by atoms with Gasteiger partial charge in [0.05, 0.1) is 11.1 Å². The van der Waals surface area contributed by atoms with Crippen LogP contribution in [-0.2, 0) is 0 Å². The minimum Gasteiger partial charge on any atom is -0.267 e. The summed E-state index contributed by atoms with van der Waals surface area (Å²) in [6.07, 6.45) is 3.47. The molecular weight excluding hydrogens is 294 g/mol. The lowest BCUT2D eigenvalue weighted by molar-refractivity contribution is -0.384. The lowest BCUT2D eigenvalue weighted by Crippen LogP contribution is -2.17. The van der Waals surface area contributed by atoms with E-state index in [1.165, 1.54) is 30.5 Å². The van der Waals surface area contributed by atoms with Crippen LogP contribution in [-0.4, -0.2) is 17.0 Å². The van der Waals surface area contributed by atoms with Crippen molar-refractivity contribution in [3.63, 3.8) is 0 Å². The molecule has 2 aromatic carbocycles. The SMILES string of the molecule is CC(/C=N\NC(=O)c1ccc([N+](=O)[O-])cc1)=C/c1ccccc1. The van der Waals surface area contributed by atoms with Crippen molar-refractivity contribution < 1.29 is 9.72 Å². The highest BCUT2D eigenvalue weighted by Gasteiger charge is 2.08. The molecule has 0 fully saturated rings. The molecule has 1 N–H and O–H groups in total. The van der Waals surface area contributed by atoms with E-state index < -0.39 is 10.8 Å². The fraction of sp³-hybridized carbons (Fsp3) is 0.0588. The van der Waals surface area contributed by atoms with Crippen LogP contribution in [0, 0.1) is 10.1 Å². The van der Waals surface area contributed by atoms with E-state index in [1.54, 1.807) is 0 Å². The van der Waals surface area contributed by atoms with E-state index >= 15 is 0 Å². The van der Waals surface area contributed by atoms with E-state index in [-0.39, 0.29) is 5.69 Å². The van der Waals surface area contributed by atoms with Crippen molar-refractivity contribution in [2.45, 2.75) is 6.92 Å². The van der Waals surface area contributed by atoms with Crippen molar-refractivity contribution in [2.24, 2.45) is 5.10 Å². The van der Waals surface area contributed by atoms with Gasteiger partial charge in [-0.05, 0) is 30.2 Å². The molecule has 0 unspecified atom stereocenters. The smallest absolute Gasteiger partial charge is 0.267 e. The van der Waals surface area contributed by atoms with E-state index in [4.69, 9.17) is 0 Å². The van der Waals surface area contributed by atoms with Gasteiger partial charge in [-0.3, -0.25) is 14.9 Å². The van der Waals surface area contributed by atoms with Gasteiger partial charge < -0.3 is 0 Å². The van der Waals surface area contributed by atoms with E-state index in [2.05, 4.69) is 10.5 Å². The first-order valence-electron chi connectivity index (χ1n) is 6.87. The number of non-ortho nitro benzene ring substituents is 1. The summed E-state index contributed by atoms with van der Waals surface area (Å²) < 4.78 is 0. The highest BCUT2D eigenvalue weighted by atomic mass is 16.6. The summed E-state index contributed by atoms with van der Waals surface area (Å²) in [5, 5.41) is 14.4. The summed E-state index contributed by atoms with van der Waals surface area (Å²) >= 11 is 0. The number of rotatable bonds is 5. The van der Waals surface area contributed by atoms with E-state index in [0.29, 0.717) is 5.56 Å². The highest BCUT2D eigenvalue weighted by Crippen LogP contribution is 2.11. The number of hydrogen-bond donors (Lipinski definition) is 1. The van der Waals surface area contributed by atoms with Gasteiger partial charge in [0, 0.05) is 17.7 Å². The average molecular weight is 309 g/mol. The highest BCUT2D eigenvalue weighted by molar-refractivity contribution is 5.95. The van der Waals surface area contributed by atoms with Crippen LogP contribution in [0.2, 0.25) is 0 Å². The minimum absolute atomic E-state index is 0.0632. The van der Waals surface area contributed by atoms with Crippen LogP contribution < -0.4 is 5.43 Å². The van der Waals surface area contributed by atoms with E-state index in [9.17, 15) is 14.9 Å². The number of nitrogens with zero attached hydrogens (tertiary/aromatic N) is 2. The molecule has 0 saturated heterocycles. The van der Waals surface area contributed by atoms with Gasteiger partial charge in [-0.25, -0.2) is 5.43 Å². The zero-order valence-electron chi connectivity index (χ0n) is 12.5. The number of carbonyl (C=O) groups excluding carboxylic acids is 1. The molecule has 0 aliphatic carbocycles. The third kappa shape index (κ3) is 4.89. The Bertz CT molecular complexity index is 750. The summed E-state index contributed by atoms with van der Waals surface area (Å²) in [5.74, 6) is -0.427. The first-order chi connectivity index (χ1) is 11.1. The van der Waals surface area contributed by atoms with Crippen molar-refractivity contribution >= 4 is 23.9 Å². The van der Waals surface area contributed by atoms with Crippen LogP contribution in [0.1, 0.15) is 22.8 Å². The number of nitro groups is 1. The second kappa shape index (κ2) is 7.65. The molecule has 0 aliphatic rings. The van der Waals surface area contributed by atoms with Crippen LogP contribution in [0.15, 0.2) is 65.3 Å². The maximum atomic E-state index is 11.9. The molecular formula is C17H15N3O3. The van der Waals surface area contributed by atoms with E-state index in [1.807, 2.05) is 43.3 Å². The third-order valence-electron chi connectivity index (χ3n) is 2.97. The number of amides is 1. The Balaban J connectivity index is 1.95. The van der Waals surface area contributed by atoms with Gasteiger partial charge >= 0.3 is 0 Å².